The molecule has 3 nitrogen and oxygen atoms in total. The molecule has 0 atom stereocenters. The number of nitrogens with zero attached hydrogens (tertiary/aromatic N) is 1. The zero-order valence-corrected chi connectivity index (χ0v) is 13.7. The van der Waals surface area contributed by atoms with Gasteiger partial charge in [-0.15, -0.1) is 0 Å². The minimum absolute atomic E-state index is 0.501. The number of nitrogens with one attached hydrogen (secondary N) is 1. The van der Waals surface area contributed by atoms with Gasteiger partial charge in [0.2, 0.25) is 0 Å². The van der Waals surface area contributed by atoms with E-state index in [4.69, 9.17) is 4.74 Å². The molecule has 2 rings (SSSR count). The van der Waals surface area contributed by atoms with Gasteiger partial charge >= 0.3 is 0 Å². The molecule has 0 fully saturated rings. The van der Waals surface area contributed by atoms with E-state index in [1.165, 1.54) is 16.5 Å². The van der Waals surface area contributed by atoms with Gasteiger partial charge in [-0.1, -0.05) is 45.9 Å². The third-order valence-electron chi connectivity index (χ3n) is 3.50. The van der Waals surface area contributed by atoms with Crippen molar-refractivity contribution in [2.75, 3.05) is 13.2 Å². The third kappa shape index (κ3) is 4.58. The highest BCUT2D eigenvalue weighted by Crippen LogP contribution is 2.21. The average molecular weight is 288 g/mol. The maximum Gasteiger partial charge on any atom is 0.0645 e. The van der Waals surface area contributed by atoms with Crippen LogP contribution in [0.25, 0.3) is 10.9 Å². The molecule has 0 unspecified atom stereocenters. The summed E-state index contributed by atoms with van der Waals surface area (Å²) in [5.41, 5.74) is 2.66. The molecule has 2 aromatic rings. The van der Waals surface area contributed by atoms with Crippen LogP contribution in [0.5, 0.6) is 0 Å². The van der Waals surface area contributed by atoms with E-state index in [1.54, 1.807) is 0 Å². The Kier molecular flexibility index (Phi) is 5.83. The summed E-state index contributed by atoms with van der Waals surface area (Å²) < 4.78 is 8.03. The summed E-state index contributed by atoms with van der Waals surface area (Å²) in [7, 11) is 0. The molecule has 116 valence electrons. The lowest BCUT2D eigenvalue weighted by Gasteiger charge is -2.08. The molecule has 0 radical (unpaired) electrons. The van der Waals surface area contributed by atoms with Crippen LogP contribution in [0.3, 0.4) is 0 Å². The fourth-order valence-corrected chi connectivity index (χ4v) is 2.44. The average Bonchev–Trinajstić information content (AvgIpc) is 2.80. The lowest BCUT2D eigenvalue weighted by Crippen LogP contribution is -2.21. The molecule has 1 N–H and O–H groups in total. The zero-order valence-electron chi connectivity index (χ0n) is 13.7. The molecule has 0 saturated carbocycles. The standard InChI is InChI=1S/C18H28N2O/c1-14(2)13-21-10-9-20-12-16(11-19-15(3)4)17-7-5-6-8-18(17)20/h5-8,12,14-15,19H,9-11,13H2,1-4H3. The second kappa shape index (κ2) is 7.62. The Labute approximate surface area is 128 Å². The number of hydrogen-bond donors (Lipinski definition) is 1. The van der Waals surface area contributed by atoms with Crippen LogP contribution in [0.4, 0.5) is 0 Å². The lowest BCUT2D eigenvalue weighted by molar-refractivity contribution is 0.104. The van der Waals surface area contributed by atoms with E-state index in [0.717, 1.165) is 26.3 Å². The number of ether oxygens (including phenoxy) is 1. The van der Waals surface area contributed by atoms with E-state index in [-0.39, 0.29) is 0 Å². The first-order valence-electron chi connectivity index (χ1n) is 7.95. The lowest BCUT2D eigenvalue weighted by atomic mass is 10.2. The Balaban J connectivity index is 2.08. The quantitative estimate of drug-likeness (QED) is 0.748. The SMILES string of the molecule is CC(C)COCCn1cc(CNC(C)C)c2ccccc21. The highest BCUT2D eigenvalue weighted by molar-refractivity contribution is 5.83. The van der Waals surface area contributed by atoms with Gasteiger partial charge in [0.25, 0.3) is 0 Å². The van der Waals surface area contributed by atoms with Crippen molar-refractivity contribution in [1.82, 2.24) is 9.88 Å². The summed E-state index contributed by atoms with van der Waals surface area (Å²) in [5, 5.41) is 4.85. The molecule has 0 aliphatic heterocycles. The Morgan fingerprint density at radius 1 is 1.14 bits per heavy atom. The Bertz CT molecular complexity index is 557. The van der Waals surface area contributed by atoms with E-state index in [2.05, 4.69) is 68.0 Å². The van der Waals surface area contributed by atoms with E-state index < -0.39 is 0 Å². The van der Waals surface area contributed by atoms with E-state index in [0.29, 0.717) is 12.0 Å². The van der Waals surface area contributed by atoms with Crippen LogP contribution in [0.2, 0.25) is 0 Å². The fraction of sp³-hybridized carbons (Fsp3) is 0.556. The van der Waals surface area contributed by atoms with E-state index >= 15 is 0 Å². The first kappa shape index (κ1) is 16.1. The van der Waals surface area contributed by atoms with Crippen molar-refractivity contribution < 1.29 is 4.74 Å². The second-order valence-corrected chi connectivity index (χ2v) is 6.37. The van der Waals surface area contributed by atoms with E-state index in [9.17, 15) is 0 Å². The summed E-state index contributed by atoms with van der Waals surface area (Å²) in [6.07, 6.45) is 2.26. The highest BCUT2D eigenvalue weighted by atomic mass is 16.5. The zero-order chi connectivity index (χ0) is 15.2. The maximum atomic E-state index is 5.72. The predicted octanol–water partition coefficient (Wildman–Crippen LogP) is 3.81. The molecule has 0 amide bonds. The molecule has 0 aliphatic rings. The van der Waals surface area contributed by atoms with Crippen LogP contribution >= 0.6 is 0 Å². The molecule has 1 heterocycles. The molecular formula is C18H28N2O. The van der Waals surface area contributed by atoms with Crippen LogP contribution in [-0.2, 0) is 17.8 Å². The molecule has 1 aromatic heterocycles. The number of hydrogen-bond acceptors (Lipinski definition) is 2. The molecule has 0 spiro atoms. The number of rotatable bonds is 8. The van der Waals surface area contributed by atoms with Crippen molar-refractivity contribution in [2.45, 2.75) is 46.8 Å². The van der Waals surface area contributed by atoms with Gasteiger partial charge in [-0.05, 0) is 17.5 Å². The van der Waals surface area contributed by atoms with Gasteiger partial charge < -0.3 is 14.6 Å². The topological polar surface area (TPSA) is 26.2 Å². The van der Waals surface area contributed by atoms with Crippen LogP contribution in [0, 0.1) is 5.92 Å². The Hall–Kier alpha value is -1.32. The van der Waals surface area contributed by atoms with Gasteiger partial charge in [0.1, 0.15) is 0 Å². The van der Waals surface area contributed by atoms with Gasteiger partial charge in [0, 0.05) is 42.8 Å². The maximum absolute atomic E-state index is 5.72. The van der Waals surface area contributed by atoms with Crippen LogP contribution in [0.15, 0.2) is 30.5 Å². The van der Waals surface area contributed by atoms with Gasteiger partial charge in [0.15, 0.2) is 0 Å². The summed E-state index contributed by atoms with van der Waals surface area (Å²) in [6.45, 7) is 12.2. The van der Waals surface area contributed by atoms with Crippen molar-refractivity contribution in [3.8, 4) is 0 Å². The summed E-state index contributed by atoms with van der Waals surface area (Å²) in [4.78, 5) is 0. The predicted molar refractivity (Wildman–Crippen MR) is 89.6 cm³/mol. The van der Waals surface area contributed by atoms with Crippen molar-refractivity contribution in [3.05, 3.63) is 36.0 Å². The van der Waals surface area contributed by atoms with Crippen LogP contribution < -0.4 is 5.32 Å². The fourth-order valence-electron chi connectivity index (χ4n) is 2.44. The molecular weight excluding hydrogens is 260 g/mol. The van der Waals surface area contributed by atoms with Gasteiger partial charge in [-0.3, -0.25) is 0 Å². The van der Waals surface area contributed by atoms with Gasteiger partial charge in [-0.25, -0.2) is 0 Å². The van der Waals surface area contributed by atoms with E-state index in [1.807, 2.05) is 0 Å². The molecule has 21 heavy (non-hydrogen) atoms. The number of para-hydroxylation sites is 1. The monoisotopic (exact) mass is 288 g/mol. The molecule has 1 aromatic carbocycles. The minimum Gasteiger partial charge on any atom is -0.379 e. The number of benzene rings is 1. The van der Waals surface area contributed by atoms with Crippen molar-refractivity contribution in [2.24, 2.45) is 5.92 Å². The smallest absolute Gasteiger partial charge is 0.0645 e. The molecule has 0 aliphatic carbocycles. The first-order chi connectivity index (χ1) is 10.1. The normalized spacial score (nSPS) is 11.9. The third-order valence-corrected chi connectivity index (χ3v) is 3.50. The highest BCUT2D eigenvalue weighted by Gasteiger charge is 2.08. The molecule has 0 saturated heterocycles. The Morgan fingerprint density at radius 3 is 2.62 bits per heavy atom. The van der Waals surface area contributed by atoms with Gasteiger partial charge in [0.05, 0.1) is 6.61 Å². The second-order valence-electron chi connectivity index (χ2n) is 6.37. The van der Waals surface area contributed by atoms with Gasteiger partial charge in [-0.2, -0.15) is 0 Å². The van der Waals surface area contributed by atoms with Crippen LogP contribution in [0.1, 0.15) is 33.3 Å². The van der Waals surface area contributed by atoms with Crippen molar-refractivity contribution in [3.63, 3.8) is 0 Å². The molecule has 0 bridgehead atoms. The minimum atomic E-state index is 0.501. The Morgan fingerprint density at radius 2 is 1.90 bits per heavy atom. The van der Waals surface area contributed by atoms with Crippen molar-refractivity contribution >= 4 is 10.9 Å². The number of fused-ring (bicyclic) bond motifs is 1. The van der Waals surface area contributed by atoms with Crippen molar-refractivity contribution in [1.29, 1.82) is 0 Å². The summed E-state index contributed by atoms with van der Waals surface area (Å²) in [6, 6.07) is 9.12. The summed E-state index contributed by atoms with van der Waals surface area (Å²) in [5.74, 6) is 0.595. The largest absolute Gasteiger partial charge is 0.379 e. The first-order valence-corrected chi connectivity index (χ1v) is 7.95. The van der Waals surface area contributed by atoms with Crippen LogP contribution in [-0.4, -0.2) is 23.8 Å². The number of aromatic nitrogens is 1. The summed E-state index contributed by atoms with van der Waals surface area (Å²) >= 11 is 0. The molecule has 3 heteroatoms.